The van der Waals surface area contributed by atoms with Gasteiger partial charge in [0.1, 0.15) is 0 Å². The zero-order chi connectivity index (χ0) is 7.94. The number of nitrogens with zero attached hydrogens (tertiary/aromatic N) is 1. The van der Waals surface area contributed by atoms with Gasteiger partial charge in [0, 0.05) is 32.8 Å². The number of hydrogen-bond donors (Lipinski definition) is 2. The Morgan fingerprint density at radius 3 is 2.73 bits per heavy atom. The average molecular weight is 157 g/mol. The molecular weight excluding hydrogens is 140 g/mol. The molecule has 2 N–H and O–H groups in total. The Kier molecular flexibility index (Phi) is 4.50. The fourth-order valence-corrected chi connectivity index (χ4v) is 1.30. The van der Waals surface area contributed by atoms with Gasteiger partial charge < -0.3 is 15.3 Å². The van der Waals surface area contributed by atoms with Crippen LogP contribution in [0.2, 0.25) is 0 Å². The molecule has 0 saturated carbocycles. The molecule has 1 aliphatic heterocycles. The molecule has 3 heteroatoms. The summed E-state index contributed by atoms with van der Waals surface area (Å²) in [4.78, 5) is 2.42. The molecule has 65 valence electrons. The highest BCUT2D eigenvalue weighted by molar-refractivity contribution is 4.71. The summed E-state index contributed by atoms with van der Waals surface area (Å²) in [5, 5.41) is 11.8. The maximum Gasteiger partial charge on any atom is 0.0463 e. The molecule has 1 radical (unpaired) electrons. The van der Waals surface area contributed by atoms with Gasteiger partial charge in [0.05, 0.1) is 0 Å². The SMILES string of the molecule is OC[CH]CCN1CCNCC1. The molecule has 0 amide bonds. The number of piperazine rings is 1. The summed E-state index contributed by atoms with van der Waals surface area (Å²) in [5.41, 5.74) is 0. The molecule has 0 aromatic rings. The molecule has 0 aromatic heterocycles. The molecule has 0 bridgehead atoms. The lowest BCUT2D eigenvalue weighted by molar-refractivity contribution is 0.237. The van der Waals surface area contributed by atoms with Crippen LogP contribution in [-0.4, -0.2) is 49.3 Å². The van der Waals surface area contributed by atoms with E-state index in [0.29, 0.717) is 0 Å². The predicted octanol–water partition coefficient (Wildman–Crippen LogP) is -0.522. The van der Waals surface area contributed by atoms with Crippen molar-refractivity contribution in [3.63, 3.8) is 0 Å². The maximum atomic E-state index is 8.51. The van der Waals surface area contributed by atoms with E-state index in [9.17, 15) is 0 Å². The molecule has 0 aromatic carbocycles. The Morgan fingerprint density at radius 1 is 1.36 bits per heavy atom. The van der Waals surface area contributed by atoms with Crippen molar-refractivity contribution >= 4 is 0 Å². The van der Waals surface area contributed by atoms with Crippen LogP contribution < -0.4 is 5.32 Å². The van der Waals surface area contributed by atoms with Crippen molar-refractivity contribution in [3.8, 4) is 0 Å². The van der Waals surface area contributed by atoms with Crippen LogP contribution in [0, 0.1) is 6.42 Å². The van der Waals surface area contributed by atoms with Crippen LogP contribution in [0.3, 0.4) is 0 Å². The molecule has 1 aliphatic rings. The van der Waals surface area contributed by atoms with Crippen molar-refractivity contribution in [1.82, 2.24) is 10.2 Å². The third kappa shape index (κ3) is 3.70. The van der Waals surface area contributed by atoms with E-state index < -0.39 is 0 Å². The summed E-state index contributed by atoms with van der Waals surface area (Å²) in [6.07, 6.45) is 2.93. The highest BCUT2D eigenvalue weighted by atomic mass is 16.2. The van der Waals surface area contributed by atoms with Crippen LogP contribution in [0.25, 0.3) is 0 Å². The summed E-state index contributed by atoms with van der Waals surface area (Å²) in [7, 11) is 0. The van der Waals surface area contributed by atoms with Gasteiger partial charge in [0.25, 0.3) is 0 Å². The molecule has 1 heterocycles. The standard InChI is InChI=1S/C8H17N2O/c11-8-2-1-5-10-6-3-9-4-7-10/h2,9,11H,1,3-8H2. The number of nitrogens with one attached hydrogen (secondary N) is 1. The fourth-order valence-electron chi connectivity index (χ4n) is 1.30. The second-order valence-electron chi connectivity index (χ2n) is 2.85. The summed E-state index contributed by atoms with van der Waals surface area (Å²) < 4.78 is 0. The molecule has 1 saturated heterocycles. The van der Waals surface area contributed by atoms with Gasteiger partial charge in [-0.25, -0.2) is 0 Å². The minimum absolute atomic E-state index is 0.214. The van der Waals surface area contributed by atoms with E-state index in [-0.39, 0.29) is 6.61 Å². The molecule has 3 nitrogen and oxygen atoms in total. The van der Waals surface area contributed by atoms with Crippen LogP contribution >= 0.6 is 0 Å². The lowest BCUT2D eigenvalue weighted by Crippen LogP contribution is -2.43. The zero-order valence-electron chi connectivity index (χ0n) is 6.92. The molecule has 0 atom stereocenters. The Bertz CT molecular complexity index is 92.1. The first kappa shape index (κ1) is 8.97. The minimum Gasteiger partial charge on any atom is -0.396 e. The van der Waals surface area contributed by atoms with E-state index in [1.165, 1.54) is 0 Å². The highest BCUT2D eigenvalue weighted by Gasteiger charge is 2.07. The molecular formula is C8H17N2O. The normalized spacial score (nSPS) is 20.5. The smallest absolute Gasteiger partial charge is 0.0463 e. The van der Waals surface area contributed by atoms with E-state index in [4.69, 9.17) is 5.11 Å². The molecule has 11 heavy (non-hydrogen) atoms. The summed E-state index contributed by atoms with van der Waals surface area (Å²) in [6, 6.07) is 0. The van der Waals surface area contributed by atoms with Gasteiger partial charge in [-0.3, -0.25) is 0 Å². The van der Waals surface area contributed by atoms with Gasteiger partial charge in [-0.1, -0.05) is 0 Å². The summed E-state index contributed by atoms with van der Waals surface area (Å²) in [5.74, 6) is 0. The number of aliphatic hydroxyl groups is 1. The Labute approximate surface area is 68.4 Å². The van der Waals surface area contributed by atoms with Crippen molar-refractivity contribution in [2.45, 2.75) is 6.42 Å². The van der Waals surface area contributed by atoms with Gasteiger partial charge in [-0.15, -0.1) is 0 Å². The van der Waals surface area contributed by atoms with E-state index in [2.05, 4.69) is 10.2 Å². The fraction of sp³-hybridized carbons (Fsp3) is 0.875. The largest absolute Gasteiger partial charge is 0.396 e. The molecule has 0 spiro atoms. The first-order chi connectivity index (χ1) is 5.43. The van der Waals surface area contributed by atoms with Crippen molar-refractivity contribution < 1.29 is 5.11 Å². The van der Waals surface area contributed by atoms with Crippen LogP contribution in [0.5, 0.6) is 0 Å². The van der Waals surface area contributed by atoms with Crippen molar-refractivity contribution in [2.75, 3.05) is 39.3 Å². The Hall–Kier alpha value is -0.120. The second kappa shape index (κ2) is 5.52. The van der Waals surface area contributed by atoms with Gasteiger partial charge >= 0.3 is 0 Å². The Morgan fingerprint density at radius 2 is 2.09 bits per heavy atom. The van der Waals surface area contributed by atoms with E-state index in [0.717, 1.165) is 39.1 Å². The monoisotopic (exact) mass is 157 g/mol. The zero-order valence-corrected chi connectivity index (χ0v) is 6.92. The van der Waals surface area contributed by atoms with E-state index in [1.54, 1.807) is 0 Å². The topological polar surface area (TPSA) is 35.5 Å². The van der Waals surface area contributed by atoms with Crippen LogP contribution in [0.15, 0.2) is 0 Å². The third-order valence-electron chi connectivity index (χ3n) is 1.99. The van der Waals surface area contributed by atoms with Crippen molar-refractivity contribution in [3.05, 3.63) is 6.42 Å². The van der Waals surface area contributed by atoms with Gasteiger partial charge in [0.2, 0.25) is 0 Å². The third-order valence-corrected chi connectivity index (χ3v) is 1.99. The molecule has 1 rings (SSSR count). The highest BCUT2D eigenvalue weighted by Crippen LogP contribution is 1.95. The minimum atomic E-state index is 0.214. The number of hydrogen-bond acceptors (Lipinski definition) is 3. The first-order valence-corrected chi connectivity index (χ1v) is 4.29. The average Bonchev–Trinajstić information content (AvgIpc) is 2.07. The van der Waals surface area contributed by atoms with Crippen molar-refractivity contribution in [1.29, 1.82) is 0 Å². The number of aliphatic hydroxyl groups excluding tert-OH is 1. The van der Waals surface area contributed by atoms with Gasteiger partial charge in [-0.2, -0.15) is 0 Å². The summed E-state index contributed by atoms with van der Waals surface area (Å²) >= 11 is 0. The molecule has 0 aliphatic carbocycles. The Balaban J connectivity index is 1.96. The van der Waals surface area contributed by atoms with Gasteiger partial charge in [0.15, 0.2) is 0 Å². The van der Waals surface area contributed by atoms with Crippen LogP contribution in [0.4, 0.5) is 0 Å². The maximum absolute atomic E-state index is 8.51. The summed E-state index contributed by atoms with van der Waals surface area (Å²) in [6.45, 7) is 5.84. The second-order valence-corrected chi connectivity index (χ2v) is 2.85. The predicted molar refractivity (Wildman–Crippen MR) is 45.3 cm³/mol. The van der Waals surface area contributed by atoms with Crippen molar-refractivity contribution in [2.24, 2.45) is 0 Å². The first-order valence-electron chi connectivity index (χ1n) is 4.29. The quantitative estimate of drug-likeness (QED) is 0.539. The lowest BCUT2D eigenvalue weighted by Gasteiger charge is -2.26. The molecule has 1 fully saturated rings. The number of unbranched alkanes of at least 4 members (excludes halogenated alkanes) is 1. The van der Waals surface area contributed by atoms with Gasteiger partial charge in [-0.05, 0) is 19.4 Å². The van der Waals surface area contributed by atoms with Crippen LogP contribution in [-0.2, 0) is 0 Å². The molecule has 0 unspecified atom stereocenters. The van der Waals surface area contributed by atoms with Crippen LogP contribution in [0.1, 0.15) is 6.42 Å². The van der Waals surface area contributed by atoms with E-state index in [1.807, 2.05) is 6.42 Å². The van der Waals surface area contributed by atoms with E-state index >= 15 is 0 Å². The number of rotatable bonds is 4. The lowest BCUT2D eigenvalue weighted by atomic mass is 10.3.